The Morgan fingerprint density at radius 2 is 2.41 bits per heavy atom. The number of thioether (sulfide) groups is 1. The number of thiophene rings is 1. The second-order valence-electron chi connectivity index (χ2n) is 4.43. The molecule has 5 heteroatoms. The number of halogens is 1. The summed E-state index contributed by atoms with van der Waals surface area (Å²) >= 11 is 9.74. The Morgan fingerprint density at radius 1 is 1.59 bits per heavy atom. The summed E-state index contributed by atoms with van der Waals surface area (Å²) in [5.41, 5.74) is 0. The van der Waals surface area contributed by atoms with Crippen molar-refractivity contribution in [2.75, 3.05) is 32.1 Å². The summed E-state index contributed by atoms with van der Waals surface area (Å²) in [6.07, 6.45) is 1.07. The van der Waals surface area contributed by atoms with Gasteiger partial charge in [-0.15, -0.1) is 11.3 Å². The van der Waals surface area contributed by atoms with E-state index in [2.05, 4.69) is 42.1 Å². The molecule has 1 aliphatic heterocycles. The molecule has 2 atom stereocenters. The van der Waals surface area contributed by atoms with Crippen molar-refractivity contribution in [3.63, 3.8) is 0 Å². The highest BCUT2D eigenvalue weighted by molar-refractivity contribution is 7.99. The van der Waals surface area contributed by atoms with Crippen LogP contribution in [0, 0.1) is 0 Å². The average molecular weight is 291 g/mol. The minimum atomic E-state index is 0.516. The van der Waals surface area contributed by atoms with E-state index < -0.39 is 0 Å². The van der Waals surface area contributed by atoms with Crippen molar-refractivity contribution in [3.8, 4) is 0 Å². The molecule has 2 heterocycles. The first-order chi connectivity index (χ1) is 8.20. The molecule has 2 unspecified atom stereocenters. The lowest BCUT2D eigenvalue weighted by molar-refractivity contribution is 0.219. The minimum absolute atomic E-state index is 0.516. The zero-order valence-electron chi connectivity index (χ0n) is 10.3. The van der Waals surface area contributed by atoms with Gasteiger partial charge in [0.15, 0.2) is 0 Å². The van der Waals surface area contributed by atoms with Gasteiger partial charge in [0.2, 0.25) is 0 Å². The van der Waals surface area contributed by atoms with Gasteiger partial charge >= 0.3 is 0 Å². The summed E-state index contributed by atoms with van der Waals surface area (Å²) < 4.78 is 0.890. The lowest BCUT2D eigenvalue weighted by atomic mass is 10.0. The molecular weight excluding hydrogens is 272 g/mol. The maximum absolute atomic E-state index is 5.99. The molecule has 0 bridgehead atoms. The van der Waals surface area contributed by atoms with Crippen LogP contribution in [0.5, 0.6) is 0 Å². The first-order valence-corrected chi connectivity index (χ1v) is 8.25. The molecule has 2 rings (SSSR count). The van der Waals surface area contributed by atoms with Gasteiger partial charge in [-0.1, -0.05) is 11.6 Å². The molecular formula is C12H19ClN2S2. The Morgan fingerprint density at radius 3 is 3.00 bits per heavy atom. The van der Waals surface area contributed by atoms with Gasteiger partial charge in [0, 0.05) is 35.0 Å². The number of hydrogen-bond donors (Lipinski definition) is 1. The number of nitrogens with zero attached hydrogens (tertiary/aromatic N) is 1. The predicted molar refractivity (Wildman–Crippen MR) is 79.6 cm³/mol. The summed E-state index contributed by atoms with van der Waals surface area (Å²) in [6.45, 7) is 1.19. The average Bonchev–Trinajstić information content (AvgIpc) is 2.73. The summed E-state index contributed by atoms with van der Waals surface area (Å²) in [4.78, 5) is 3.85. The molecule has 2 nitrogen and oxygen atoms in total. The first-order valence-electron chi connectivity index (χ1n) is 5.90. The molecule has 96 valence electrons. The Kier molecular flexibility index (Phi) is 5.18. The molecule has 1 aromatic rings. The summed E-state index contributed by atoms with van der Waals surface area (Å²) in [7, 11) is 4.29. The highest BCUT2D eigenvalue weighted by atomic mass is 35.5. The van der Waals surface area contributed by atoms with Crippen LogP contribution in [0.2, 0.25) is 4.34 Å². The van der Waals surface area contributed by atoms with E-state index in [1.807, 2.05) is 6.07 Å². The van der Waals surface area contributed by atoms with E-state index >= 15 is 0 Å². The molecule has 1 aliphatic rings. The molecule has 1 fully saturated rings. The number of rotatable bonds is 4. The normalized spacial score (nSPS) is 23.8. The summed E-state index contributed by atoms with van der Waals surface area (Å²) in [5.74, 6) is 2.48. The molecule has 0 aliphatic carbocycles. The number of nitrogens with one attached hydrogen (secondary N) is 1. The zero-order valence-corrected chi connectivity index (χ0v) is 12.7. The second-order valence-corrected chi connectivity index (χ2v) is 7.38. The Labute approximate surface area is 117 Å². The van der Waals surface area contributed by atoms with Crippen LogP contribution in [0.3, 0.4) is 0 Å². The maximum Gasteiger partial charge on any atom is 0.0931 e. The molecule has 17 heavy (non-hydrogen) atoms. The van der Waals surface area contributed by atoms with Crippen molar-refractivity contribution < 1.29 is 0 Å². The van der Waals surface area contributed by atoms with E-state index in [4.69, 9.17) is 11.6 Å². The van der Waals surface area contributed by atoms with Gasteiger partial charge in [-0.25, -0.2) is 0 Å². The first kappa shape index (κ1) is 13.7. The number of likely N-dealkylation sites (N-methyl/N-ethyl adjacent to an activating group) is 2. The van der Waals surface area contributed by atoms with E-state index in [0.717, 1.165) is 10.8 Å². The van der Waals surface area contributed by atoms with E-state index in [9.17, 15) is 0 Å². The number of hydrogen-bond acceptors (Lipinski definition) is 4. The Hall–Kier alpha value is 0.260. The summed E-state index contributed by atoms with van der Waals surface area (Å²) in [6, 6.07) is 5.28. The third-order valence-electron chi connectivity index (χ3n) is 3.33. The van der Waals surface area contributed by atoms with Gasteiger partial charge < -0.3 is 10.2 Å². The standard InChI is InChI=1S/C12H19ClN2S2/c1-14-10(7-9-3-4-12(13)17-9)11-8-16-6-5-15(11)2/h3-4,10-11,14H,5-8H2,1-2H3. The van der Waals surface area contributed by atoms with Crippen LogP contribution >= 0.6 is 34.7 Å². The zero-order chi connectivity index (χ0) is 12.3. The van der Waals surface area contributed by atoms with Crippen LogP contribution in [0.1, 0.15) is 4.88 Å². The topological polar surface area (TPSA) is 15.3 Å². The lowest BCUT2D eigenvalue weighted by Gasteiger charge is -2.37. The fourth-order valence-corrected chi connectivity index (χ4v) is 4.70. The molecule has 1 N–H and O–H groups in total. The van der Waals surface area contributed by atoms with Crippen molar-refractivity contribution in [2.24, 2.45) is 0 Å². The predicted octanol–water partition coefficient (Wildman–Crippen LogP) is 2.58. The minimum Gasteiger partial charge on any atom is -0.315 e. The highest BCUT2D eigenvalue weighted by Gasteiger charge is 2.27. The van der Waals surface area contributed by atoms with Crippen molar-refractivity contribution in [1.82, 2.24) is 10.2 Å². The van der Waals surface area contributed by atoms with Crippen LogP contribution in [-0.4, -0.2) is 49.1 Å². The fourth-order valence-electron chi connectivity index (χ4n) is 2.24. The fraction of sp³-hybridized carbons (Fsp3) is 0.667. The van der Waals surface area contributed by atoms with Gasteiger partial charge in [0.05, 0.1) is 4.34 Å². The Bertz CT molecular complexity index is 356. The molecule has 0 aromatic carbocycles. The largest absolute Gasteiger partial charge is 0.315 e. The van der Waals surface area contributed by atoms with Gasteiger partial charge in [0.25, 0.3) is 0 Å². The van der Waals surface area contributed by atoms with E-state index in [1.54, 1.807) is 11.3 Å². The van der Waals surface area contributed by atoms with Crippen molar-refractivity contribution >= 4 is 34.7 Å². The van der Waals surface area contributed by atoms with E-state index in [-0.39, 0.29) is 0 Å². The van der Waals surface area contributed by atoms with Crippen LogP contribution in [0.15, 0.2) is 12.1 Å². The van der Waals surface area contributed by atoms with Gasteiger partial charge in [0.1, 0.15) is 0 Å². The smallest absolute Gasteiger partial charge is 0.0931 e. The van der Waals surface area contributed by atoms with Gasteiger partial charge in [-0.2, -0.15) is 11.8 Å². The molecule has 1 aromatic heterocycles. The lowest BCUT2D eigenvalue weighted by Crippen LogP contribution is -2.52. The highest BCUT2D eigenvalue weighted by Crippen LogP contribution is 2.25. The molecule has 0 radical (unpaired) electrons. The van der Waals surface area contributed by atoms with Crippen LogP contribution in [0.4, 0.5) is 0 Å². The monoisotopic (exact) mass is 290 g/mol. The van der Waals surface area contributed by atoms with Crippen molar-refractivity contribution in [3.05, 3.63) is 21.3 Å². The quantitative estimate of drug-likeness (QED) is 0.918. The maximum atomic E-state index is 5.99. The summed E-state index contributed by atoms with van der Waals surface area (Å²) in [5, 5.41) is 3.47. The molecule has 0 amide bonds. The molecule has 1 saturated heterocycles. The third kappa shape index (κ3) is 3.61. The van der Waals surface area contributed by atoms with Crippen LogP contribution in [-0.2, 0) is 6.42 Å². The van der Waals surface area contributed by atoms with Crippen molar-refractivity contribution in [2.45, 2.75) is 18.5 Å². The third-order valence-corrected chi connectivity index (χ3v) is 5.63. The Balaban J connectivity index is 2.00. The SMILES string of the molecule is CNC(Cc1ccc(Cl)s1)C1CSCCN1C. The molecule has 0 spiro atoms. The molecule has 0 saturated carbocycles. The van der Waals surface area contributed by atoms with Crippen molar-refractivity contribution in [1.29, 1.82) is 0 Å². The second kappa shape index (κ2) is 6.43. The van der Waals surface area contributed by atoms with Crippen LogP contribution < -0.4 is 5.32 Å². The van der Waals surface area contributed by atoms with E-state index in [1.165, 1.54) is 22.9 Å². The van der Waals surface area contributed by atoms with Crippen LogP contribution in [0.25, 0.3) is 0 Å². The van der Waals surface area contributed by atoms with Gasteiger partial charge in [-0.3, -0.25) is 0 Å². The van der Waals surface area contributed by atoms with E-state index in [0.29, 0.717) is 12.1 Å². The van der Waals surface area contributed by atoms with Gasteiger partial charge in [-0.05, 0) is 32.6 Å².